The van der Waals surface area contributed by atoms with Gasteiger partial charge in [-0.2, -0.15) is 4.98 Å². The molecule has 1 amide bonds. The molecule has 0 spiro atoms. The van der Waals surface area contributed by atoms with Crippen LogP contribution in [0.5, 0.6) is 0 Å². The number of aromatic nitrogens is 2. The van der Waals surface area contributed by atoms with Gasteiger partial charge >= 0.3 is 6.09 Å². The van der Waals surface area contributed by atoms with Crippen molar-refractivity contribution in [1.29, 1.82) is 0 Å². The van der Waals surface area contributed by atoms with Crippen LogP contribution in [0, 0.1) is 6.92 Å². The van der Waals surface area contributed by atoms with Crippen LogP contribution in [-0.4, -0.2) is 34.3 Å². The zero-order valence-corrected chi connectivity index (χ0v) is 21.3. The van der Waals surface area contributed by atoms with Crippen LogP contribution in [0.1, 0.15) is 71.6 Å². The van der Waals surface area contributed by atoms with Gasteiger partial charge in [-0.1, -0.05) is 90.4 Å². The summed E-state index contributed by atoms with van der Waals surface area (Å²) in [5.41, 5.74) is 7.34. The molecule has 1 aliphatic carbocycles. The summed E-state index contributed by atoms with van der Waals surface area (Å²) in [7, 11) is 0. The SMILES string of the molecule is Cc1ccc(C[C@H](C)c2noc([C@H]3CCCN3C(=O)OCC3c4ccccc4-c4ccccc43)n2)cc1. The summed E-state index contributed by atoms with van der Waals surface area (Å²) in [5.74, 6) is 1.33. The fraction of sp³-hybridized carbons (Fsp3) is 0.323. The molecule has 6 nitrogen and oxygen atoms in total. The molecule has 4 aromatic rings. The fourth-order valence-electron chi connectivity index (χ4n) is 5.67. The molecule has 2 aliphatic rings. The zero-order valence-electron chi connectivity index (χ0n) is 21.3. The molecule has 0 N–H and O–H groups in total. The molecule has 0 radical (unpaired) electrons. The Bertz CT molecular complexity index is 1370. The van der Waals surface area contributed by atoms with Gasteiger partial charge in [-0.05, 0) is 54.0 Å². The molecule has 6 rings (SSSR count). The van der Waals surface area contributed by atoms with Crippen molar-refractivity contribution >= 4 is 6.09 Å². The first kappa shape index (κ1) is 23.5. The average molecular weight is 494 g/mol. The van der Waals surface area contributed by atoms with E-state index in [1.165, 1.54) is 33.4 Å². The van der Waals surface area contributed by atoms with E-state index in [1.807, 2.05) is 12.1 Å². The number of rotatable bonds is 6. The van der Waals surface area contributed by atoms with Crippen molar-refractivity contribution in [3.05, 3.63) is 107 Å². The van der Waals surface area contributed by atoms with E-state index in [0.29, 0.717) is 24.9 Å². The van der Waals surface area contributed by atoms with Crippen LogP contribution < -0.4 is 0 Å². The number of aryl methyl sites for hydroxylation is 1. The number of amides is 1. The number of nitrogens with zero attached hydrogens (tertiary/aromatic N) is 3. The van der Waals surface area contributed by atoms with Crippen molar-refractivity contribution in [3.63, 3.8) is 0 Å². The number of ether oxygens (including phenoxy) is 1. The summed E-state index contributed by atoms with van der Waals surface area (Å²) in [5, 5.41) is 4.26. The third kappa shape index (κ3) is 4.52. The summed E-state index contributed by atoms with van der Waals surface area (Å²) < 4.78 is 11.6. The number of carbonyl (C=O) groups is 1. The highest BCUT2D eigenvalue weighted by Crippen LogP contribution is 2.44. The maximum atomic E-state index is 13.2. The smallest absolute Gasteiger partial charge is 0.410 e. The Morgan fingerprint density at radius 3 is 2.41 bits per heavy atom. The van der Waals surface area contributed by atoms with Crippen molar-refractivity contribution in [2.45, 2.75) is 51.0 Å². The van der Waals surface area contributed by atoms with Gasteiger partial charge in [0.25, 0.3) is 0 Å². The van der Waals surface area contributed by atoms with E-state index < -0.39 is 0 Å². The lowest BCUT2D eigenvalue weighted by Crippen LogP contribution is -2.32. The lowest BCUT2D eigenvalue weighted by Gasteiger charge is -2.23. The molecule has 0 unspecified atom stereocenters. The molecule has 6 heteroatoms. The summed E-state index contributed by atoms with van der Waals surface area (Å²) in [6, 6.07) is 25.0. The Morgan fingerprint density at radius 1 is 1.03 bits per heavy atom. The van der Waals surface area contributed by atoms with Crippen LogP contribution >= 0.6 is 0 Å². The van der Waals surface area contributed by atoms with Gasteiger partial charge < -0.3 is 9.26 Å². The van der Waals surface area contributed by atoms with E-state index in [2.05, 4.69) is 79.7 Å². The Morgan fingerprint density at radius 2 is 1.70 bits per heavy atom. The van der Waals surface area contributed by atoms with Crippen LogP contribution in [-0.2, 0) is 11.2 Å². The van der Waals surface area contributed by atoms with Gasteiger partial charge in [-0.3, -0.25) is 4.90 Å². The van der Waals surface area contributed by atoms with E-state index >= 15 is 0 Å². The van der Waals surface area contributed by atoms with Crippen LogP contribution in [0.4, 0.5) is 4.79 Å². The maximum Gasteiger partial charge on any atom is 0.410 e. The quantitative estimate of drug-likeness (QED) is 0.295. The van der Waals surface area contributed by atoms with Crippen LogP contribution in [0.15, 0.2) is 77.3 Å². The minimum absolute atomic E-state index is 0.0371. The number of carbonyl (C=O) groups excluding carboxylic acids is 1. The predicted molar refractivity (Wildman–Crippen MR) is 141 cm³/mol. The molecule has 2 atom stereocenters. The number of fused-ring (bicyclic) bond motifs is 3. The molecule has 0 bridgehead atoms. The van der Waals surface area contributed by atoms with E-state index in [-0.39, 0.29) is 24.0 Å². The molecule has 0 saturated carbocycles. The van der Waals surface area contributed by atoms with Crippen molar-refractivity contribution in [2.24, 2.45) is 0 Å². The minimum Gasteiger partial charge on any atom is -0.448 e. The van der Waals surface area contributed by atoms with Gasteiger partial charge in [0, 0.05) is 18.4 Å². The van der Waals surface area contributed by atoms with Crippen LogP contribution in [0.25, 0.3) is 11.1 Å². The average Bonchev–Trinajstić information content (AvgIpc) is 3.66. The topological polar surface area (TPSA) is 68.5 Å². The lowest BCUT2D eigenvalue weighted by atomic mass is 9.98. The molecule has 1 aliphatic heterocycles. The highest BCUT2D eigenvalue weighted by atomic mass is 16.6. The first-order chi connectivity index (χ1) is 18.1. The predicted octanol–water partition coefficient (Wildman–Crippen LogP) is 6.81. The summed E-state index contributed by atoms with van der Waals surface area (Å²) in [4.78, 5) is 19.7. The Hall–Kier alpha value is -3.93. The zero-order chi connectivity index (χ0) is 25.4. The lowest BCUT2D eigenvalue weighted by molar-refractivity contribution is 0.0899. The minimum atomic E-state index is -0.322. The van der Waals surface area contributed by atoms with Crippen molar-refractivity contribution < 1.29 is 14.1 Å². The number of hydrogen-bond acceptors (Lipinski definition) is 5. The third-order valence-electron chi connectivity index (χ3n) is 7.67. The van der Waals surface area contributed by atoms with Gasteiger partial charge in [0.05, 0.1) is 0 Å². The Balaban J connectivity index is 1.13. The molecule has 3 aromatic carbocycles. The molecule has 1 saturated heterocycles. The van der Waals surface area contributed by atoms with E-state index in [0.717, 1.165) is 19.3 Å². The number of likely N-dealkylation sites (tertiary alicyclic amines) is 1. The Kier molecular flexibility index (Phi) is 6.25. The van der Waals surface area contributed by atoms with Gasteiger partial charge in [0.2, 0.25) is 5.89 Å². The normalized spacial score (nSPS) is 17.5. The molecule has 2 heterocycles. The standard InChI is InChI=1S/C31H31N3O3/c1-20-13-15-22(16-14-20)18-21(2)29-32-30(37-33-29)28-12-7-17-34(28)31(35)36-19-27-25-10-5-3-8-23(25)24-9-4-6-11-26(24)27/h3-6,8-11,13-16,21,27-28H,7,12,17-19H2,1-2H3/t21-,28+/m0/s1. The molecule has 1 aromatic heterocycles. The van der Waals surface area contributed by atoms with Crippen molar-refractivity contribution in [2.75, 3.05) is 13.2 Å². The van der Waals surface area contributed by atoms with Gasteiger partial charge in [-0.15, -0.1) is 0 Å². The number of benzene rings is 3. The van der Waals surface area contributed by atoms with E-state index in [9.17, 15) is 4.79 Å². The molecule has 37 heavy (non-hydrogen) atoms. The first-order valence-corrected chi connectivity index (χ1v) is 13.1. The molecule has 1 fully saturated rings. The Labute approximate surface area is 217 Å². The highest BCUT2D eigenvalue weighted by molar-refractivity contribution is 5.79. The second kappa shape index (κ2) is 9.85. The second-order valence-corrected chi connectivity index (χ2v) is 10.2. The number of hydrogen-bond donors (Lipinski definition) is 0. The van der Waals surface area contributed by atoms with Crippen molar-refractivity contribution in [1.82, 2.24) is 15.0 Å². The highest BCUT2D eigenvalue weighted by Gasteiger charge is 2.36. The summed E-state index contributed by atoms with van der Waals surface area (Å²) >= 11 is 0. The van der Waals surface area contributed by atoms with Gasteiger partial charge in [0.1, 0.15) is 12.6 Å². The van der Waals surface area contributed by atoms with Crippen LogP contribution in [0.2, 0.25) is 0 Å². The summed E-state index contributed by atoms with van der Waals surface area (Å²) in [6.07, 6.45) is 2.18. The monoisotopic (exact) mass is 493 g/mol. The van der Waals surface area contributed by atoms with Crippen molar-refractivity contribution in [3.8, 4) is 11.1 Å². The fourth-order valence-corrected chi connectivity index (χ4v) is 5.67. The largest absolute Gasteiger partial charge is 0.448 e. The summed E-state index contributed by atoms with van der Waals surface area (Å²) in [6.45, 7) is 5.12. The maximum absolute atomic E-state index is 13.2. The molecule has 188 valence electrons. The van der Waals surface area contributed by atoms with Gasteiger partial charge in [0.15, 0.2) is 5.82 Å². The third-order valence-corrected chi connectivity index (χ3v) is 7.67. The molecular formula is C31H31N3O3. The first-order valence-electron chi connectivity index (χ1n) is 13.1. The second-order valence-electron chi connectivity index (χ2n) is 10.2. The van der Waals surface area contributed by atoms with Gasteiger partial charge in [-0.25, -0.2) is 4.79 Å². The van der Waals surface area contributed by atoms with Crippen LogP contribution in [0.3, 0.4) is 0 Å². The molecular weight excluding hydrogens is 462 g/mol. The van der Waals surface area contributed by atoms with E-state index in [1.54, 1.807) is 4.90 Å². The van der Waals surface area contributed by atoms with E-state index in [4.69, 9.17) is 14.2 Å².